The van der Waals surface area contributed by atoms with E-state index in [1.54, 1.807) is 18.2 Å². The number of nitrogens with two attached hydrogens (primary N) is 1. The maximum absolute atomic E-state index is 9.06. The van der Waals surface area contributed by atoms with Crippen molar-refractivity contribution in [1.29, 1.82) is 5.26 Å². The summed E-state index contributed by atoms with van der Waals surface area (Å²) in [6.45, 7) is 2.77. The molecule has 0 aliphatic carbocycles. The summed E-state index contributed by atoms with van der Waals surface area (Å²) in [6, 6.07) is 14.8. The molecule has 0 saturated heterocycles. The Hall–Kier alpha value is -2.55. The Labute approximate surface area is 157 Å². The van der Waals surface area contributed by atoms with Gasteiger partial charge in [-0.3, -0.25) is 0 Å². The van der Waals surface area contributed by atoms with E-state index in [2.05, 4.69) is 0 Å². The number of hydrogen-bond acceptors (Lipinski definition) is 4. The molecule has 0 saturated carbocycles. The van der Waals surface area contributed by atoms with Gasteiger partial charge in [-0.15, -0.1) is 0 Å². The van der Waals surface area contributed by atoms with Crippen molar-refractivity contribution in [3.8, 4) is 17.6 Å². The van der Waals surface area contributed by atoms with Crippen LogP contribution in [-0.2, 0) is 6.61 Å². The largest absolute Gasteiger partial charge is 0.490 e. The summed E-state index contributed by atoms with van der Waals surface area (Å²) in [5, 5.41) is 9.75. The number of halogens is 1. The molecule has 2 rings (SSSR count). The van der Waals surface area contributed by atoms with E-state index in [9.17, 15) is 0 Å². The predicted molar refractivity (Wildman–Crippen MR) is 104 cm³/mol. The molecule has 0 atom stereocenters. The number of ether oxygens (including phenoxy) is 2. The van der Waals surface area contributed by atoms with Crippen molar-refractivity contribution in [2.75, 3.05) is 6.61 Å². The molecule has 0 radical (unpaired) electrons. The Morgan fingerprint density at radius 1 is 1.20 bits per heavy atom. The lowest BCUT2D eigenvalue weighted by Crippen LogP contribution is -2.09. The highest BCUT2D eigenvalue weighted by atomic mass is 35.5. The molecule has 128 valence electrons. The fourth-order valence-corrected chi connectivity index (χ4v) is 2.30. The van der Waals surface area contributed by atoms with Crippen LogP contribution in [0.4, 0.5) is 0 Å². The van der Waals surface area contributed by atoms with Gasteiger partial charge in [0.05, 0.1) is 12.2 Å². The average Bonchev–Trinajstić information content (AvgIpc) is 2.60. The Balaban J connectivity index is 2.22. The maximum Gasteiger partial charge on any atom is 0.161 e. The standard InChI is InChI=1S/C19H17ClN2O2S/c1-2-23-18-10-14(9-15(11-21)19(22)25)5-8-17(18)24-12-13-3-6-16(20)7-4-13/h3-10H,2,12H2,1H3,(H2,22,25)/b15-9+. The van der Waals surface area contributed by atoms with E-state index in [1.807, 2.05) is 43.3 Å². The zero-order valence-electron chi connectivity index (χ0n) is 13.7. The van der Waals surface area contributed by atoms with Crippen LogP contribution in [0.5, 0.6) is 11.5 Å². The first-order valence-corrected chi connectivity index (χ1v) is 8.37. The van der Waals surface area contributed by atoms with Crippen LogP contribution in [-0.4, -0.2) is 11.6 Å². The van der Waals surface area contributed by atoms with Crippen molar-refractivity contribution in [2.24, 2.45) is 5.73 Å². The van der Waals surface area contributed by atoms with Gasteiger partial charge in [-0.05, 0) is 48.4 Å². The summed E-state index contributed by atoms with van der Waals surface area (Å²) in [6.07, 6.45) is 1.62. The fraction of sp³-hybridized carbons (Fsp3) is 0.158. The third-order valence-electron chi connectivity index (χ3n) is 3.27. The molecule has 0 aromatic heterocycles. The van der Waals surface area contributed by atoms with Gasteiger partial charge >= 0.3 is 0 Å². The molecule has 0 aliphatic heterocycles. The predicted octanol–water partition coefficient (Wildman–Crippen LogP) is 4.51. The van der Waals surface area contributed by atoms with Crippen molar-refractivity contribution < 1.29 is 9.47 Å². The number of benzene rings is 2. The third-order valence-corrected chi connectivity index (χ3v) is 3.74. The highest BCUT2D eigenvalue weighted by Crippen LogP contribution is 2.30. The van der Waals surface area contributed by atoms with E-state index in [4.69, 9.17) is 44.3 Å². The van der Waals surface area contributed by atoms with Gasteiger partial charge < -0.3 is 15.2 Å². The molecule has 0 heterocycles. The van der Waals surface area contributed by atoms with E-state index in [0.29, 0.717) is 29.7 Å². The van der Waals surface area contributed by atoms with Crippen molar-refractivity contribution in [2.45, 2.75) is 13.5 Å². The first kappa shape index (κ1) is 18.8. The van der Waals surface area contributed by atoms with Crippen LogP contribution < -0.4 is 15.2 Å². The number of nitriles is 1. The smallest absolute Gasteiger partial charge is 0.161 e. The van der Waals surface area contributed by atoms with Crippen LogP contribution in [0.3, 0.4) is 0 Å². The zero-order valence-corrected chi connectivity index (χ0v) is 15.2. The van der Waals surface area contributed by atoms with E-state index < -0.39 is 0 Å². The number of rotatable bonds is 7. The van der Waals surface area contributed by atoms with Gasteiger partial charge in [0.15, 0.2) is 11.5 Å². The lowest BCUT2D eigenvalue weighted by atomic mass is 10.1. The van der Waals surface area contributed by atoms with Gasteiger partial charge in [0.2, 0.25) is 0 Å². The molecule has 2 aromatic rings. The summed E-state index contributed by atoms with van der Waals surface area (Å²) >= 11 is 10.7. The molecule has 0 unspecified atom stereocenters. The van der Waals surface area contributed by atoms with Crippen molar-refractivity contribution in [3.05, 3.63) is 64.2 Å². The van der Waals surface area contributed by atoms with Gasteiger partial charge in [-0.2, -0.15) is 5.26 Å². The molecule has 25 heavy (non-hydrogen) atoms. The number of nitrogens with zero attached hydrogens (tertiary/aromatic N) is 1. The molecule has 2 aromatic carbocycles. The quantitative estimate of drug-likeness (QED) is 0.440. The van der Waals surface area contributed by atoms with Crippen LogP contribution in [0.25, 0.3) is 6.08 Å². The molecule has 0 amide bonds. The van der Waals surface area contributed by atoms with Gasteiger partial charge in [0, 0.05) is 5.02 Å². The van der Waals surface area contributed by atoms with Gasteiger partial charge in [0.25, 0.3) is 0 Å². The van der Waals surface area contributed by atoms with Crippen molar-refractivity contribution >= 4 is 34.9 Å². The topological polar surface area (TPSA) is 68.3 Å². The molecule has 4 nitrogen and oxygen atoms in total. The van der Waals surface area contributed by atoms with Gasteiger partial charge in [-0.25, -0.2) is 0 Å². The fourth-order valence-electron chi connectivity index (χ4n) is 2.07. The third kappa shape index (κ3) is 5.49. The summed E-state index contributed by atoms with van der Waals surface area (Å²) in [4.78, 5) is 0.0588. The van der Waals surface area contributed by atoms with E-state index >= 15 is 0 Å². The summed E-state index contributed by atoms with van der Waals surface area (Å²) < 4.78 is 11.5. The normalized spacial score (nSPS) is 10.8. The zero-order chi connectivity index (χ0) is 18.2. The first-order chi connectivity index (χ1) is 12.0. The SMILES string of the molecule is CCOc1cc(/C=C(\C#N)C(N)=S)ccc1OCc1ccc(Cl)cc1. The molecule has 0 bridgehead atoms. The number of thiocarbonyl (C=S) groups is 1. The minimum Gasteiger partial charge on any atom is -0.490 e. The van der Waals surface area contributed by atoms with Gasteiger partial charge in [-0.1, -0.05) is 42.0 Å². The Kier molecular flexibility index (Phi) is 6.81. The summed E-state index contributed by atoms with van der Waals surface area (Å²) in [5.41, 5.74) is 7.52. The van der Waals surface area contributed by atoms with E-state index in [0.717, 1.165) is 11.1 Å². The van der Waals surface area contributed by atoms with E-state index in [1.165, 1.54) is 0 Å². The van der Waals surface area contributed by atoms with Crippen LogP contribution in [0.2, 0.25) is 5.02 Å². The Bertz CT molecular complexity index is 826. The Morgan fingerprint density at radius 3 is 2.52 bits per heavy atom. The molecule has 0 spiro atoms. The van der Waals surface area contributed by atoms with E-state index in [-0.39, 0.29) is 10.6 Å². The lowest BCUT2D eigenvalue weighted by Gasteiger charge is -2.13. The van der Waals surface area contributed by atoms with Crippen LogP contribution in [0, 0.1) is 11.3 Å². The monoisotopic (exact) mass is 372 g/mol. The Morgan fingerprint density at radius 2 is 1.92 bits per heavy atom. The second-order valence-electron chi connectivity index (χ2n) is 5.09. The number of hydrogen-bond donors (Lipinski definition) is 1. The lowest BCUT2D eigenvalue weighted by molar-refractivity contribution is 0.269. The summed E-state index contributed by atoms with van der Waals surface area (Å²) in [7, 11) is 0. The van der Waals surface area contributed by atoms with Crippen LogP contribution in [0.1, 0.15) is 18.1 Å². The highest BCUT2D eigenvalue weighted by molar-refractivity contribution is 7.80. The molecule has 0 aliphatic rings. The molecular formula is C19H17ClN2O2S. The second kappa shape index (κ2) is 9.07. The summed E-state index contributed by atoms with van der Waals surface area (Å²) in [5.74, 6) is 1.20. The minimum absolute atomic E-state index is 0.0588. The second-order valence-corrected chi connectivity index (χ2v) is 5.96. The maximum atomic E-state index is 9.06. The van der Waals surface area contributed by atoms with Crippen molar-refractivity contribution in [1.82, 2.24) is 0 Å². The first-order valence-electron chi connectivity index (χ1n) is 7.59. The minimum atomic E-state index is 0.0588. The molecular weight excluding hydrogens is 356 g/mol. The average molecular weight is 373 g/mol. The highest BCUT2D eigenvalue weighted by Gasteiger charge is 2.08. The van der Waals surface area contributed by atoms with Crippen molar-refractivity contribution in [3.63, 3.8) is 0 Å². The molecule has 6 heteroatoms. The van der Waals surface area contributed by atoms with Crippen LogP contribution in [0.15, 0.2) is 48.0 Å². The molecule has 0 fully saturated rings. The molecule has 2 N–H and O–H groups in total. The van der Waals surface area contributed by atoms with Gasteiger partial charge in [0.1, 0.15) is 17.7 Å². The van der Waals surface area contributed by atoms with Crippen LogP contribution >= 0.6 is 23.8 Å².